The van der Waals surface area contributed by atoms with Gasteiger partial charge in [-0.1, -0.05) is 36.4 Å². The van der Waals surface area contributed by atoms with Gasteiger partial charge in [0.25, 0.3) is 0 Å². The van der Waals surface area contributed by atoms with E-state index in [0.717, 1.165) is 37.1 Å². The molecule has 7 rings (SSSR count). The van der Waals surface area contributed by atoms with Gasteiger partial charge in [0.1, 0.15) is 11.7 Å². The zero-order valence-corrected chi connectivity index (χ0v) is 24.3. The summed E-state index contributed by atoms with van der Waals surface area (Å²) in [5.74, 6) is 1.68. The lowest BCUT2D eigenvalue weighted by atomic mass is 9.48. The van der Waals surface area contributed by atoms with E-state index in [1.54, 1.807) is 14.2 Å². The van der Waals surface area contributed by atoms with Crippen LogP contribution in [-0.4, -0.2) is 74.6 Å². The number of benzene rings is 2. The largest absolute Gasteiger partial charge is 0.493 e. The molecule has 2 heterocycles. The number of nitrogens with zero attached hydrogens (tertiary/aromatic N) is 2. The summed E-state index contributed by atoms with van der Waals surface area (Å²) in [5.41, 5.74) is 1.58. The molecule has 0 aromatic heterocycles. The van der Waals surface area contributed by atoms with Gasteiger partial charge in [0.2, 0.25) is 10.0 Å². The van der Waals surface area contributed by atoms with Crippen molar-refractivity contribution in [3.05, 3.63) is 59.2 Å². The Bertz CT molecular complexity index is 1440. The predicted molar refractivity (Wildman–Crippen MR) is 150 cm³/mol. The van der Waals surface area contributed by atoms with Crippen molar-refractivity contribution in [3.63, 3.8) is 0 Å². The van der Waals surface area contributed by atoms with Crippen molar-refractivity contribution in [1.82, 2.24) is 9.21 Å². The molecule has 214 valence electrons. The van der Waals surface area contributed by atoms with Crippen molar-refractivity contribution in [2.75, 3.05) is 27.2 Å². The molecule has 0 N–H and O–H groups in total. The van der Waals surface area contributed by atoms with Crippen LogP contribution >= 0.6 is 0 Å². The monoisotopic (exact) mass is 566 g/mol. The number of sulfonamides is 1. The molecule has 0 radical (unpaired) electrons. The van der Waals surface area contributed by atoms with Crippen LogP contribution in [-0.2, 0) is 37.1 Å². The van der Waals surface area contributed by atoms with Crippen LogP contribution in [0.2, 0.25) is 0 Å². The second-order valence-corrected chi connectivity index (χ2v) is 14.4. The second-order valence-electron chi connectivity index (χ2n) is 12.4. The summed E-state index contributed by atoms with van der Waals surface area (Å²) in [6, 6.07) is 13.0. The van der Waals surface area contributed by atoms with E-state index in [9.17, 15) is 13.2 Å². The molecule has 40 heavy (non-hydrogen) atoms. The molecule has 1 saturated heterocycles. The van der Waals surface area contributed by atoms with Gasteiger partial charge >= 0.3 is 5.97 Å². The fourth-order valence-corrected chi connectivity index (χ4v) is 9.95. The zero-order valence-electron chi connectivity index (χ0n) is 23.5. The van der Waals surface area contributed by atoms with Crippen LogP contribution in [0.4, 0.5) is 0 Å². The maximum absolute atomic E-state index is 13.8. The van der Waals surface area contributed by atoms with Gasteiger partial charge in [0.15, 0.2) is 11.5 Å². The maximum atomic E-state index is 13.8. The first-order valence-corrected chi connectivity index (χ1v) is 16.1. The van der Waals surface area contributed by atoms with Gasteiger partial charge in [0.05, 0.1) is 30.4 Å². The van der Waals surface area contributed by atoms with Gasteiger partial charge in [-0.05, 0) is 68.2 Å². The molecule has 2 aliphatic heterocycles. The summed E-state index contributed by atoms with van der Waals surface area (Å²) in [6.07, 6.45) is 4.66. The minimum Gasteiger partial charge on any atom is -0.493 e. The molecule has 1 spiro atoms. The van der Waals surface area contributed by atoms with E-state index in [2.05, 4.69) is 11.0 Å². The quantitative estimate of drug-likeness (QED) is 0.451. The SMILES string of the molecule is COc1ccc2c3c1OC1C(N(C)S(=O)(=O)Cc4ccccc4)CC[C@@]4(OC(C)=O)[C@@H](C2)N(CC2CC2)CC[C@]314. The smallest absolute Gasteiger partial charge is 0.303 e. The fraction of sp³-hybridized carbons (Fsp3) is 0.581. The van der Waals surface area contributed by atoms with Gasteiger partial charge in [-0.25, -0.2) is 8.42 Å². The molecule has 0 amide bonds. The van der Waals surface area contributed by atoms with Crippen LogP contribution in [0.25, 0.3) is 0 Å². The van der Waals surface area contributed by atoms with Gasteiger partial charge in [-0.3, -0.25) is 9.69 Å². The lowest BCUT2D eigenvalue weighted by molar-refractivity contribution is -0.221. The molecule has 2 aromatic rings. The standard InChI is InChI=1S/C31H38N2O6S/c1-20(34)39-31-14-13-24(32(2)40(35,36)19-22-7-5-4-6-8-22)29-30(31)15-16-33(18-21-9-10-21)26(31)17-23-11-12-25(37-3)28(38-29)27(23)30/h4-8,11-12,21,24,26,29H,9-10,13-19H2,1-3H3/t24?,26-,29?,30+,31-/m1/s1. The van der Waals surface area contributed by atoms with Crippen molar-refractivity contribution in [1.29, 1.82) is 0 Å². The summed E-state index contributed by atoms with van der Waals surface area (Å²) in [4.78, 5) is 15.4. The molecular formula is C31H38N2O6S. The number of ether oxygens (including phenoxy) is 3. The van der Waals surface area contributed by atoms with E-state index < -0.39 is 33.2 Å². The summed E-state index contributed by atoms with van der Waals surface area (Å²) in [7, 11) is -0.329. The summed E-state index contributed by atoms with van der Waals surface area (Å²) >= 11 is 0. The highest BCUT2D eigenvalue weighted by Crippen LogP contribution is 2.67. The highest BCUT2D eigenvalue weighted by atomic mass is 32.2. The second kappa shape index (κ2) is 9.19. The Morgan fingerprint density at radius 1 is 1.12 bits per heavy atom. The Kier molecular flexibility index (Phi) is 6.04. The number of esters is 1. The Labute approximate surface area is 236 Å². The average molecular weight is 567 g/mol. The molecule has 8 nitrogen and oxygen atoms in total. The van der Waals surface area contributed by atoms with Crippen LogP contribution in [0, 0.1) is 5.92 Å². The number of likely N-dealkylation sites (tertiary alicyclic amines) is 1. The van der Waals surface area contributed by atoms with Crippen LogP contribution in [0.15, 0.2) is 42.5 Å². The third kappa shape index (κ3) is 3.70. The first-order valence-electron chi connectivity index (χ1n) is 14.5. The van der Waals surface area contributed by atoms with Crippen LogP contribution in [0.5, 0.6) is 11.5 Å². The fourth-order valence-electron chi connectivity index (χ4n) is 8.51. The number of hydrogen-bond acceptors (Lipinski definition) is 7. The van der Waals surface area contributed by atoms with Crippen molar-refractivity contribution in [3.8, 4) is 11.5 Å². The molecular weight excluding hydrogens is 528 g/mol. The van der Waals surface area contributed by atoms with Crippen molar-refractivity contribution in [2.24, 2.45) is 5.92 Å². The summed E-state index contributed by atoms with van der Waals surface area (Å²) in [5, 5.41) is 0. The Morgan fingerprint density at radius 2 is 1.90 bits per heavy atom. The van der Waals surface area contributed by atoms with Gasteiger partial charge in [0, 0.05) is 26.1 Å². The van der Waals surface area contributed by atoms with E-state index >= 15 is 0 Å². The number of hydrogen-bond donors (Lipinski definition) is 0. The molecule has 5 aliphatic rings. The minimum absolute atomic E-state index is 0.0240. The number of carbonyl (C=O) groups is 1. The van der Waals surface area contributed by atoms with Crippen molar-refractivity contribution < 1.29 is 27.4 Å². The number of rotatable bonds is 8. The molecule has 2 bridgehead atoms. The number of piperidine rings is 1. The lowest BCUT2D eigenvalue weighted by Gasteiger charge is -2.65. The Hall–Kier alpha value is -2.62. The van der Waals surface area contributed by atoms with Gasteiger partial charge < -0.3 is 14.2 Å². The lowest BCUT2D eigenvalue weighted by Crippen LogP contribution is -2.79. The topological polar surface area (TPSA) is 85.4 Å². The molecule has 9 heteroatoms. The first kappa shape index (κ1) is 26.3. The molecule has 2 saturated carbocycles. The van der Waals surface area contributed by atoms with E-state index in [-0.39, 0.29) is 17.8 Å². The van der Waals surface area contributed by atoms with E-state index in [1.165, 1.54) is 29.6 Å². The van der Waals surface area contributed by atoms with Crippen molar-refractivity contribution in [2.45, 2.75) is 80.4 Å². The zero-order chi connectivity index (χ0) is 27.9. The molecule has 2 aromatic carbocycles. The highest BCUT2D eigenvalue weighted by Gasteiger charge is 2.76. The predicted octanol–water partition coefficient (Wildman–Crippen LogP) is 3.66. The Morgan fingerprint density at radius 3 is 2.60 bits per heavy atom. The normalized spacial score (nSPS) is 32.4. The van der Waals surface area contributed by atoms with Crippen LogP contribution in [0.1, 0.15) is 55.7 Å². The van der Waals surface area contributed by atoms with Gasteiger partial charge in [-0.15, -0.1) is 0 Å². The Balaban J connectivity index is 1.36. The van der Waals surface area contributed by atoms with E-state index in [0.29, 0.717) is 30.3 Å². The first-order chi connectivity index (χ1) is 19.2. The molecule has 2 unspecified atom stereocenters. The number of methoxy groups -OCH3 is 1. The number of likely N-dealkylation sites (N-methyl/N-ethyl adjacent to an activating group) is 1. The summed E-state index contributed by atoms with van der Waals surface area (Å²) < 4.78 is 48.3. The third-order valence-electron chi connectivity index (χ3n) is 10.3. The maximum Gasteiger partial charge on any atom is 0.303 e. The molecule has 5 atom stereocenters. The highest BCUT2D eigenvalue weighted by molar-refractivity contribution is 7.88. The molecule has 3 fully saturated rings. The van der Waals surface area contributed by atoms with Crippen LogP contribution in [0.3, 0.4) is 0 Å². The van der Waals surface area contributed by atoms with Crippen LogP contribution < -0.4 is 9.47 Å². The van der Waals surface area contributed by atoms with E-state index in [4.69, 9.17) is 14.2 Å². The number of carbonyl (C=O) groups excluding carboxylic acids is 1. The third-order valence-corrected chi connectivity index (χ3v) is 12.2. The van der Waals surface area contributed by atoms with E-state index in [1.807, 2.05) is 36.4 Å². The minimum atomic E-state index is -3.65. The average Bonchev–Trinajstić information content (AvgIpc) is 3.67. The van der Waals surface area contributed by atoms with Crippen molar-refractivity contribution >= 4 is 16.0 Å². The summed E-state index contributed by atoms with van der Waals surface area (Å²) in [6.45, 7) is 3.39. The molecule has 3 aliphatic carbocycles. The van der Waals surface area contributed by atoms with Gasteiger partial charge in [-0.2, -0.15) is 4.31 Å².